The van der Waals surface area contributed by atoms with Gasteiger partial charge >= 0.3 is 0 Å². The number of hydrogen-bond donors (Lipinski definition) is 0. The zero-order valence-corrected chi connectivity index (χ0v) is 21.3. The number of allylic oxidation sites excluding steroid dienone is 1. The fraction of sp³-hybridized carbons (Fsp3) is 0.333. The Morgan fingerprint density at radius 1 is 0.943 bits per heavy atom. The quantitative estimate of drug-likeness (QED) is 0.318. The van der Waals surface area contributed by atoms with Gasteiger partial charge in [-0.2, -0.15) is 0 Å². The summed E-state index contributed by atoms with van der Waals surface area (Å²) >= 11 is 12.9. The van der Waals surface area contributed by atoms with Gasteiger partial charge in [0.2, 0.25) is 0 Å². The molecule has 3 aromatic rings. The monoisotopic (exact) mass is 509 g/mol. The van der Waals surface area contributed by atoms with E-state index in [0.717, 1.165) is 62.2 Å². The van der Waals surface area contributed by atoms with Crippen molar-refractivity contribution in [1.82, 2.24) is 4.90 Å². The van der Waals surface area contributed by atoms with Gasteiger partial charge in [0.1, 0.15) is 11.9 Å². The van der Waals surface area contributed by atoms with Crippen molar-refractivity contribution in [3.63, 3.8) is 0 Å². The maximum absolute atomic E-state index is 12.6. The predicted molar refractivity (Wildman–Crippen MR) is 144 cm³/mol. The molecule has 0 spiro atoms. The molecule has 0 N–H and O–H groups in total. The first-order chi connectivity index (χ1) is 17.1. The zero-order valence-electron chi connectivity index (χ0n) is 19.8. The number of halogens is 3. The fourth-order valence-electron chi connectivity index (χ4n) is 5.36. The first-order valence-electron chi connectivity index (χ1n) is 12.4. The Morgan fingerprint density at radius 2 is 1.83 bits per heavy atom. The molecule has 0 bridgehead atoms. The molecular formula is C30H30Cl2FNO. The SMILES string of the molecule is FCCCN1CC[C@@H](Oc2cccc(C3=C(c4ccc(Cl)cc4Cl)CCCc4ccccc43)c2)C1. The zero-order chi connectivity index (χ0) is 24.2. The van der Waals surface area contributed by atoms with Crippen molar-refractivity contribution in [2.45, 2.75) is 38.2 Å². The van der Waals surface area contributed by atoms with E-state index in [9.17, 15) is 4.39 Å². The van der Waals surface area contributed by atoms with Crippen LogP contribution >= 0.6 is 23.2 Å². The van der Waals surface area contributed by atoms with Gasteiger partial charge in [-0.3, -0.25) is 9.29 Å². The van der Waals surface area contributed by atoms with Gasteiger partial charge in [0.05, 0.1) is 6.67 Å². The number of hydrogen-bond acceptors (Lipinski definition) is 2. The van der Waals surface area contributed by atoms with Crippen LogP contribution < -0.4 is 4.74 Å². The number of likely N-dealkylation sites (tertiary alicyclic amines) is 1. The van der Waals surface area contributed by atoms with Crippen LogP contribution in [0, 0.1) is 0 Å². The summed E-state index contributed by atoms with van der Waals surface area (Å²) in [5, 5.41) is 1.32. The third kappa shape index (κ3) is 5.58. The Balaban J connectivity index is 1.53. The summed E-state index contributed by atoms with van der Waals surface area (Å²) in [6.45, 7) is 2.34. The minimum Gasteiger partial charge on any atom is -0.489 e. The molecule has 0 unspecified atom stereocenters. The van der Waals surface area contributed by atoms with Crippen molar-refractivity contribution in [2.24, 2.45) is 0 Å². The van der Waals surface area contributed by atoms with Crippen molar-refractivity contribution in [1.29, 1.82) is 0 Å². The molecule has 35 heavy (non-hydrogen) atoms. The Kier molecular flexibility index (Phi) is 7.77. The highest BCUT2D eigenvalue weighted by Crippen LogP contribution is 2.42. The standard InChI is InChI=1S/C30H30Cl2FNO/c31-23-12-13-27(29(32)19-23)28-11-4-7-21-6-1-2-10-26(21)30(28)22-8-3-9-24(18-22)35-25-14-17-34(20-25)16-5-15-33/h1-3,6,8-10,12-13,18-19,25H,4-5,7,11,14-17,20H2/t25-/m1/s1. The molecule has 0 radical (unpaired) electrons. The van der Waals surface area contributed by atoms with E-state index in [1.807, 2.05) is 24.3 Å². The second kappa shape index (κ2) is 11.2. The lowest BCUT2D eigenvalue weighted by molar-refractivity contribution is 0.198. The van der Waals surface area contributed by atoms with Crippen LogP contribution in [-0.2, 0) is 6.42 Å². The average Bonchev–Trinajstić information content (AvgIpc) is 3.21. The van der Waals surface area contributed by atoms with Crippen LogP contribution in [0.2, 0.25) is 10.0 Å². The lowest BCUT2D eigenvalue weighted by Crippen LogP contribution is -2.26. The van der Waals surface area contributed by atoms with Crippen molar-refractivity contribution >= 4 is 34.3 Å². The van der Waals surface area contributed by atoms with E-state index in [-0.39, 0.29) is 12.8 Å². The van der Waals surface area contributed by atoms with Gasteiger partial charge in [0.15, 0.2) is 0 Å². The predicted octanol–water partition coefficient (Wildman–Crippen LogP) is 8.10. The fourth-order valence-corrected chi connectivity index (χ4v) is 5.88. The van der Waals surface area contributed by atoms with Crippen molar-refractivity contribution in [3.8, 4) is 5.75 Å². The van der Waals surface area contributed by atoms with E-state index in [1.165, 1.54) is 22.3 Å². The summed E-state index contributed by atoms with van der Waals surface area (Å²) in [7, 11) is 0. The largest absolute Gasteiger partial charge is 0.489 e. The highest BCUT2D eigenvalue weighted by molar-refractivity contribution is 6.36. The lowest BCUT2D eigenvalue weighted by atomic mass is 9.88. The molecule has 3 aromatic carbocycles. The Bertz CT molecular complexity index is 1220. The molecule has 182 valence electrons. The molecular weight excluding hydrogens is 480 g/mol. The van der Waals surface area contributed by atoms with Crippen molar-refractivity contribution < 1.29 is 9.13 Å². The smallest absolute Gasteiger partial charge is 0.120 e. The second-order valence-electron chi connectivity index (χ2n) is 9.39. The number of ether oxygens (including phenoxy) is 1. The third-order valence-electron chi connectivity index (χ3n) is 6.98. The summed E-state index contributed by atoms with van der Waals surface area (Å²) in [5.74, 6) is 0.871. The van der Waals surface area contributed by atoms with Gasteiger partial charge in [-0.05, 0) is 89.8 Å². The summed E-state index contributed by atoms with van der Waals surface area (Å²) in [6.07, 6.45) is 4.70. The van der Waals surface area contributed by atoms with E-state index in [4.69, 9.17) is 27.9 Å². The van der Waals surface area contributed by atoms with E-state index in [1.54, 1.807) is 0 Å². The van der Waals surface area contributed by atoms with Crippen LogP contribution in [0.1, 0.15) is 47.9 Å². The van der Waals surface area contributed by atoms with Gasteiger partial charge in [-0.1, -0.05) is 65.7 Å². The molecule has 2 aliphatic rings. The molecule has 0 saturated carbocycles. The van der Waals surface area contributed by atoms with Crippen LogP contribution in [0.25, 0.3) is 11.1 Å². The first kappa shape index (κ1) is 24.4. The van der Waals surface area contributed by atoms with E-state index < -0.39 is 0 Å². The van der Waals surface area contributed by atoms with Crippen LogP contribution in [-0.4, -0.2) is 37.3 Å². The number of aryl methyl sites for hydroxylation is 1. The van der Waals surface area contributed by atoms with Gasteiger partial charge in [-0.25, -0.2) is 0 Å². The Hall–Kier alpha value is -2.33. The lowest BCUT2D eigenvalue weighted by Gasteiger charge is -2.19. The van der Waals surface area contributed by atoms with E-state index in [2.05, 4.69) is 47.4 Å². The Morgan fingerprint density at radius 3 is 2.69 bits per heavy atom. The average molecular weight is 510 g/mol. The molecule has 1 atom stereocenters. The van der Waals surface area contributed by atoms with E-state index >= 15 is 0 Å². The molecule has 1 fully saturated rings. The van der Waals surface area contributed by atoms with Gasteiger partial charge in [0, 0.05) is 29.7 Å². The minimum atomic E-state index is -0.263. The number of benzene rings is 3. The Labute approximate surface area is 217 Å². The maximum Gasteiger partial charge on any atom is 0.120 e. The van der Waals surface area contributed by atoms with Crippen molar-refractivity contribution in [3.05, 3.63) is 99.0 Å². The van der Waals surface area contributed by atoms with Gasteiger partial charge in [-0.15, -0.1) is 0 Å². The highest BCUT2D eigenvalue weighted by Gasteiger charge is 2.25. The van der Waals surface area contributed by atoms with Crippen LogP contribution in [0.3, 0.4) is 0 Å². The first-order valence-corrected chi connectivity index (χ1v) is 13.2. The van der Waals surface area contributed by atoms with Crippen LogP contribution in [0.4, 0.5) is 4.39 Å². The second-order valence-corrected chi connectivity index (χ2v) is 10.2. The van der Waals surface area contributed by atoms with Gasteiger partial charge < -0.3 is 4.74 Å². The number of alkyl halides is 1. The summed E-state index contributed by atoms with van der Waals surface area (Å²) in [4.78, 5) is 2.29. The molecule has 2 nitrogen and oxygen atoms in total. The normalized spacial score (nSPS) is 18.4. The minimum absolute atomic E-state index is 0.130. The van der Waals surface area contributed by atoms with E-state index in [0.29, 0.717) is 16.5 Å². The number of rotatable bonds is 7. The van der Waals surface area contributed by atoms with Crippen molar-refractivity contribution in [2.75, 3.05) is 26.3 Å². The summed E-state index contributed by atoms with van der Waals surface area (Å²) in [6, 6.07) is 22.9. The molecule has 5 heteroatoms. The molecule has 1 aliphatic heterocycles. The molecule has 1 heterocycles. The van der Waals surface area contributed by atoms with Crippen LogP contribution in [0.5, 0.6) is 5.75 Å². The third-order valence-corrected chi connectivity index (χ3v) is 7.53. The van der Waals surface area contributed by atoms with Gasteiger partial charge in [0.25, 0.3) is 0 Å². The topological polar surface area (TPSA) is 12.5 Å². The highest BCUT2D eigenvalue weighted by atomic mass is 35.5. The molecule has 0 amide bonds. The summed E-state index contributed by atoms with van der Waals surface area (Å²) < 4.78 is 19.0. The van der Waals surface area contributed by atoms with Crippen LogP contribution in [0.15, 0.2) is 66.7 Å². The number of fused-ring (bicyclic) bond motifs is 1. The molecule has 1 aliphatic carbocycles. The molecule has 0 aromatic heterocycles. The number of nitrogens with zero attached hydrogens (tertiary/aromatic N) is 1. The molecule has 5 rings (SSSR count). The molecule has 1 saturated heterocycles. The summed E-state index contributed by atoms with van der Waals surface area (Å²) in [5.41, 5.74) is 7.23. The maximum atomic E-state index is 12.6.